The predicted molar refractivity (Wildman–Crippen MR) is 116 cm³/mol. The molecular weight excluding hydrogens is 407 g/mol. The maximum absolute atomic E-state index is 13.0. The minimum absolute atomic E-state index is 0.0632. The molecule has 1 fully saturated rings. The highest BCUT2D eigenvalue weighted by atomic mass is 32.2. The van der Waals surface area contributed by atoms with E-state index in [1.54, 1.807) is 0 Å². The molecule has 0 bridgehead atoms. The monoisotopic (exact) mass is 434 g/mol. The molecule has 1 heterocycles. The standard InChI is InChI=1S/C21H27FN4O3S/c1-3-25-12-14-26(15-13-25)19-8-6-18(7-9-19)23-21(27)16-24(2)30(28,29)20-10-4-17(22)5-11-20/h4-11H,3,12-16H2,1-2H3,(H,23,27). The Morgan fingerprint density at radius 3 is 2.20 bits per heavy atom. The van der Waals surface area contributed by atoms with Crippen molar-refractivity contribution in [2.24, 2.45) is 0 Å². The molecule has 1 N–H and O–H groups in total. The molecule has 3 rings (SSSR count). The summed E-state index contributed by atoms with van der Waals surface area (Å²) in [7, 11) is -2.56. The van der Waals surface area contributed by atoms with Gasteiger partial charge in [0, 0.05) is 44.6 Å². The van der Waals surface area contributed by atoms with Crippen molar-refractivity contribution in [3.63, 3.8) is 0 Å². The lowest BCUT2D eigenvalue weighted by Crippen LogP contribution is -2.46. The number of hydrogen-bond donors (Lipinski definition) is 1. The van der Waals surface area contributed by atoms with Crippen LogP contribution in [0.15, 0.2) is 53.4 Å². The predicted octanol–water partition coefficient (Wildman–Crippen LogP) is 2.23. The van der Waals surface area contributed by atoms with Crippen molar-refractivity contribution in [1.29, 1.82) is 0 Å². The molecule has 1 aliphatic heterocycles. The highest BCUT2D eigenvalue weighted by Crippen LogP contribution is 2.20. The number of hydrogen-bond acceptors (Lipinski definition) is 5. The van der Waals surface area contributed by atoms with Gasteiger partial charge in [-0.05, 0) is 55.1 Å². The Balaban J connectivity index is 1.56. The molecule has 0 unspecified atom stereocenters. The van der Waals surface area contributed by atoms with Crippen molar-refractivity contribution in [1.82, 2.24) is 9.21 Å². The van der Waals surface area contributed by atoms with Crippen molar-refractivity contribution in [2.75, 3.05) is 56.5 Å². The van der Waals surface area contributed by atoms with Crippen molar-refractivity contribution in [3.05, 3.63) is 54.3 Å². The Morgan fingerprint density at radius 1 is 1.03 bits per heavy atom. The van der Waals surface area contributed by atoms with Gasteiger partial charge in [0.05, 0.1) is 11.4 Å². The average Bonchev–Trinajstić information content (AvgIpc) is 2.74. The number of anilines is 2. The second-order valence-electron chi connectivity index (χ2n) is 7.23. The Bertz CT molecular complexity index is 957. The molecule has 162 valence electrons. The molecule has 2 aromatic carbocycles. The highest BCUT2D eigenvalue weighted by molar-refractivity contribution is 7.89. The van der Waals surface area contributed by atoms with E-state index < -0.39 is 21.7 Å². The van der Waals surface area contributed by atoms with Crippen LogP contribution in [0, 0.1) is 5.82 Å². The Morgan fingerprint density at radius 2 is 1.63 bits per heavy atom. The smallest absolute Gasteiger partial charge is 0.243 e. The second kappa shape index (κ2) is 9.55. The quantitative estimate of drug-likeness (QED) is 0.724. The molecule has 30 heavy (non-hydrogen) atoms. The van der Waals surface area contributed by atoms with E-state index in [9.17, 15) is 17.6 Å². The van der Waals surface area contributed by atoms with Crippen molar-refractivity contribution in [3.8, 4) is 0 Å². The lowest BCUT2D eigenvalue weighted by atomic mass is 10.2. The number of nitrogens with one attached hydrogen (secondary N) is 1. The van der Waals surface area contributed by atoms with Crippen LogP contribution in [0.1, 0.15) is 6.92 Å². The lowest BCUT2D eigenvalue weighted by molar-refractivity contribution is -0.116. The number of sulfonamides is 1. The van der Waals surface area contributed by atoms with Crippen LogP contribution in [0.25, 0.3) is 0 Å². The number of nitrogens with zero attached hydrogens (tertiary/aromatic N) is 3. The maximum atomic E-state index is 13.0. The highest BCUT2D eigenvalue weighted by Gasteiger charge is 2.23. The van der Waals surface area contributed by atoms with Crippen LogP contribution >= 0.6 is 0 Å². The Hall–Kier alpha value is -2.49. The minimum atomic E-state index is -3.88. The van der Waals surface area contributed by atoms with Gasteiger partial charge >= 0.3 is 0 Å². The summed E-state index contributed by atoms with van der Waals surface area (Å²) in [6.45, 7) is 6.87. The lowest BCUT2D eigenvalue weighted by Gasteiger charge is -2.35. The third kappa shape index (κ3) is 5.35. The molecule has 9 heteroatoms. The maximum Gasteiger partial charge on any atom is 0.243 e. The third-order valence-electron chi connectivity index (χ3n) is 5.22. The minimum Gasteiger partial charge on any atom is -0.369 e. The summed E-state index contributed by atoms with van der Waals surface area (Å²) in [6.07, 6.45) is 0. The van der Waals surface area contributed by atoms with Gasteiger partial charge in [-0.1, -0.05) is 6.92 Å². The number of likely N-dealkylation sites (N-methyl/N-ethyl adjacent to an activating group) is 2. The van der Waals surface area contributed by atoms with Gasteiger partial charge in [-0.25, -0.2) is 12.8 Å². The van der Waals surface area contributed by atoms with Gasteiger partial charge < -0.3 is 15.1 Å². The van der Waals surface area contributed by atoms with Crippen molar-refractivity contribution < 1.29 is 17.6 Å². The zero-order chi connectivity index (χ0) is 21.7. The van der Waals surface area contributed by atoms with Gasteiger partial charge in [0.1, 0.15) is 5.82 Å². The Labute approximate surface area is 177 Å². The molecule has 0 atom stereocenters. The molecule has 0 aromatic heterocycles. The molecular formula is C21H27FN4O3S. The SMILES string of the molecule is CCN1CCN(c2ccc(NC(=O)CN(C)S(=O)(=O)c3ccc(F)cc3)cc2)CC1. The fourth-order valence-electron chi connectivity index (χ4n) is 3.35. The largest absolute Gasteiger partial charge is 0.369 e. The Kier molecular flexibility index (Phi) is 7.06. The first-order chi connectivity index (χ1) is 14.3. The number of piperazine rings is 1. The van der Waals surface area contributed by atoms with E-state index in [0.717, 1.165) is 54.8 Å². The average molecular weight is 435 g/mol. The number of rotatable bonds is 7. The van der Waals surface area contributed by atoms with Gasteiger partial charge in [-0.15, -0.1) is 0 Å². The van der Waals surface area contributed by atoms with E-state index in [0.29, 0.717) is 5.69 Å². The number of halogens is 1. The van der Waals surface area contributed by atoms with Crippen molar-refractivity contribution in [2.45, 2.75) is 11.8 Å². The van der Waals surface area contributed by atoms with E-state index in [1.165, 1.54) is 19.2 Å². The molecule has 1 amide bonds. The summed E-state index contributed by atoms with van der Waals surface area (Å²) in [5.74, 6) is -0.975. The zero-order valence-electron chi connectivity index (χ0n) is 17.2. The first kappa shape index (κ1) is 22.2. The van der Waals surface area contributed by atoms with Crippen LogP contribution in [-0.2, 0) is 14.8 Å². The molecule has 2 aromatic rings. The third-order valence-corrected chi connectivity index (χ3v) is 7.04. The summed E-state index contributed by atoms with van der Waals surface area (Å²) >= 11 is 0. The van der Waals surface area contributed by atoms with Gasteiger partial charge in [0.25, 0.3) is 0 Å². The topological polar surface area (TPSA) is 73.0 Å². The molecule has 0 radical (unpaired) electrons. The first-order valence-corrected chi connectivity index (χ1v) is 11.3. The number of amides is 1. The molecule has 1 saturated heterocycles. The molecule has 7 nitrogen and oxygen atoms in total. The van der Waals surface area contributed by atoms with Crippen LogP contribution in [0.3, 0.4) is 0 Å². The van der Waals surface area contributed by atoms with E-state index in [-0.39, 0.29) is 11.4 Å². The van der Waals surface area contributed by atoms with Gasteiger partial charge in [-0.2, -0.15) is 4.31 Å². The zero-order valence-corrected chi connectivity index (χ0v) is 18.0. The fourth-order valence-corrected chi connectivity index (χ4v) is 4.48. The summed E-state index contributed by atoms with van der Waals surface area (Å²) < 4.78 is 39.0. The summed E-state index contributed by atoms with van der Waals surface area (Å²) in [5, 5.41) is 2.72. The second-order valence-corrected chi connectivity index (χ2v) is 9.28. The van der Waals surface area contributed by atoms with Crippen LogP contribution in [-0.4, -0.2) is 69.8 Å². The van der Waals surface area contributed by atoms with Crippen LogP contribution in [0.4, 0.5) is 15.8 Å². The summed E-state index contributed by atoms with van der Waals surface area (Å²) in [5.41, 5.74) is 1.70. The summed E-state index contributed by atoms with van der Waals surface area (Å²) in [4.78, 5) is 17.0. The van der Waals surface area contributed by atoms with Gasteiger partial charge in [0.2, 0.25) is 15.9 Å². The van der Waals surface area contributed by atoms with E-state index in [1.807, 2.05) is 24.3 Å². The number of benzene rings is 2. The van der Waals surface area contributed by atoms with E-state index in [4.69, 9.17) is 0 Å². The molecule has 0 saturated carbocycles. The van der Waals surface area contributed by atoms with E-state index in [2.05, 4.69) is 22.0 Å². The summed E-state index contributed by atoms with van der Waals surface area (Å²) in [6, 6.07) is 12.0. The molecule has 0 spiro atoms. The van der Waals surface area contributed by atoms with Crippen LogP contribution < -0.4 is 10.2 Å². The molecule has 1 aliphatic rings. The molecule has 0 aliphatic carbocycles. The fraction of sp³-hybridized carbons (Fsp3) is 0.381. The van der Waals surface area contributed by atoms with Crippen LogP contribution in [0.5, 0.6) is 0 Å². The van der Waals surface area contributed by atoms with Gasteiger partial charge in [-0.3, -0.25) is 4.79 Å². The number of carbonyl (C=O) groups is 1. The first-order valence-electron chi connectivity index (χ1n) is 9.88. The van der Waals surface area contributed by atoms with Crippen molar-refractivity contribution >= 4 is 27.3 Å². The number of carbonyl (C=O) groups excluding carboxylic acids is 1. The van der Waals surface area contributed by atoms with Crippen LogP contribution in [0.2, 0.25) is 0 Å². The van der Waals surface area contributed by atoms with Gasteiger partial charge in [0.15, 0.2) is 0 Å². The normalized spacial score (nSPS) is 15.4. The van der Waals surface area contributed by atoms with E-state index >= 15 is 0 Å².